The van der Waals surface area contributed by atoms with Crippen LogP contribution in [0.3, 0.4) is 0 Å². The Balaban J connectivity index is 1.56. The lowest BCUT2D eigenvalue weighted by Gasteiger charge is -2.30. The highest BCUT2D eigenvalue weighted by molar-refractivity contribution is 5.79. The number of amides is 1. The molecule has 1 aromatic heterocycles. The highest BCUT2D eigenvalue weighted by Gasteiger charge is 2.28. The molecule has 3 rings (SSSR count). The Labute approximate surface area is 172 Å². The summed E-state index contributed by atoms with van der Waals surface area (Å²) in [6.07, 6.45) is 1.81. The maximum atomic E-state index is 12.6. The Bertz CT molecular complexity index is 773. The van der Waals surface area contributed by atoms with Gasteiger partial charge in [-0.15, -0.1) is 0 Å². The van der Waals surface area contributed by atoms with Gasteiger partial charge in [0.25, 0.3) is 0 Å². The van der Waals surface area contributed by atoms with Crippen LogP contribution < -0.4 is 15.0 Å². The van der Waals surface area contributed by atoms with Gasteiger partial charge in [0.2, 0.25) is 11.7 Å². The molecule has 1 unspecified atom stereocenters. The molecule has 1 aliphatic heterocycles. The number of rotatable bonds is 9. The topological polar surface area (TPSA) is 83.7 Å². The van der Waals surface area contributed by atoms with Crippen molar-refractivity contribution in [1.29, 1.82) is 0 Å². The van der Waals surface area contributed by atoms with Gasteiger partial charge in [-0.1, -0.05) is 19.0 Å². The SMILES string of the molecule is CCN(CC)CCNC(=O)C1CCCN(c2nc(-c3ccc(OC)cc3)no2)C1. The highest BCUT2D eigenvalue weighted by atomic mass is 16.5. The van der Waals surface area contributed by atoms with Gasteiger partial charge in [-0.05, 0) is 50.2 Å². The summed E-state index contributed by atoms with van der Waals surface area (Å²) in [6.45, 7) is 9.23. The molecular weight excluding hydrogens is 370 g/mol. The van der Waals surface area contributed by atoms with Gasteiger partial charge in [-0.25, -0.2) is 0 Å². The number of benzene rings is 1. The third-order valence-corrected chi connectivity index (χ3v) is 5.45. The second-order valence-electron chi connectivity index (χ2n) is 7.23. The zero-order chi connectivity index (χ0) is 20.6. The maximum absolute atomic E-state index is 12.6. The summed E-state index contributed by atoms with van der Waals surface area (Å²) in [5, 5.41) is 7.18. The molecule has 1 aliphatic rings. The molecule has 158 valence electrons. The molecule has 1 saturated heterocycles. The van der Waals surface area contributed by atoms with Crippen LogP contribution in [-0.4, -0.2) is 67.3 Å². The lowest BCUT2D eigenvalue weighted by molar-refractivity contribution is -0.125. The molecule has 0 radical (unpaired) electrons. The molecule has 0 saturated carbocycles. The number of hydrogen-bond donors (Lipinski definition) is 1. The van der Waals surface area contributed by atoms with Crippen LogP contribution in [-0.2, 0) is 4.79 Å². The predicted octanol–water partition coefficient (Wildman–Crippen LogP) is 2.42. The first kappa shape index (κ1) is 21.1. The van der Waals surface area contributed by atoms with E-state index in [1.807, 2.05) is 29.2 Å². The fourth-order valence-electron chi connectivity index (χ4n) is 3.59. The van der Waals surface area contributed by atoms with Crippen LogP contribution >= 0.6 is 0 Å². The van der Waals surface area contributed by atoms with Gasteiger partial charge in [0.05, 0.1) is 13.0 Å². The number of anilines is 1. The molecule has 0 spiro atoms. The second kappa shape index (κ2) is 10.2. The lowest BCUT2D eigenvalue weighted by atomic mass is 9.97. The van der Waals surface area contributed by atoms with Crippen molar-refractivity contribution in [1.82, 2.24) is 20.4 Å². The molecule has 0 aliphatic carbocycles. The van der Waals surface area contributed by atoms with Gasteiger partial charge in [-0.2, -0.15) is 4.98 Å². The van der Waals surface area contributed by atoms with Gasteiger partial charge < -0.3 is 24.4 Å². The minimum atomic E-state index is -0.0585. The number of aromatic nitrogens is 2. The summed E-state index contributed by atoms with van der Waals surface area (Å²) in [7, 11) is 1.63. The number of piperidine rings is 1. The largest absolute Gasteiger partial charge is 0.497 e. The zero-order valence-electron chi connectivity index (χ0n) is 17.6. The van der Waals surface area contributed by atoms with Crippen LogP contribution in [0.15, 0.2) is 28.8 Å². The first-order valence-corrected chi connectivity index (χ1v) is 10.4. The number of methoxy groups -OCH3 is 1. The Morgan fingerprint density at radius 1 is 1.31 bits per heavy atom. The Morgan fingerprint density at radius 2 is 2.07 bits per heavy atom. The fraction of sp³-hybridized carbons (Fsp3) is 0.571. The van der Waals surface area contributed by atoms with Crippen molar-refractivity contribution < 1.29 is 14.1 Å². The first-order chi connectivity index (χ1) is 14.1. The van der Waals surface area contributed by atoms with E-state index in [-0.39, 0.29) is 11.8 Å². The van der Waals surface area contributed by atoms with E-state index < -0.39 is 0 Å². The minimum Gasteiger partial charge on any atom is -0.497 e. The average molecular weight is 402 g/mol. The van der Waals surface area contributed by atoms with Gasteiger partial charge in [0.1, 0.15) is 5.75 Å². The van der Waals surface area contributed by atoms with Gasteiger partial charge in [0, 0.05) is 31.7 Å². The van der Waals surface area contributed by atoms with E-state index in [0.717, 1.165) is 50.3 Å². The quantitative estimate of drug-likeness (QED) is 0.691. The Hall–Kier alpha value is -2.61. The summed E-state index contributed by atoms with van der Waals surface area (Å²) < 4.78 is 10.7. The lowest BCUT2D eigenvalue weighted by Crippen LogP contribution is -2.44. The minimum absolute atomic E-state index is 0.0585. The van der Waals surface area contributed by atoms with Crippen LogP contribution in [0, 0.1) is 5.92 Å². The van der Waals surface area contributed by atoms with E-state index >= 15 is 0 Å². The van der Waals surface area contributed by atoms with E-state index in [1.165, 1.54) is 0 Å². The summed E-state index contributed by atoms with van der Waals surface area (Å²) in [6, 6.07) is 8.00. The molecule has 2 heterocycles. The summed E-state index contributed by atoms with van der Waals surface area (Å²) in [5.41, 5.74) is 0.864. The summed E-state index contributed by atoms with van der Waals surface area (Å²) >= 11 is 0. The van der Waals surface area contributed by atoms with E-state index in [1.54, 1.807) is 7.11 Å². The van der Waals surface area contributed by atoms with E-state index in [2.05, 4.69) is 34.2 Å². The number of nitrogens with zero attached hydrogens (tertiary/aromatic N) is 4. The molecule has 1 fully saturated rings. The van der Waals surface area contributed by atoms with Crippen molar-refractivity contribution in [3.05, 3.63) is 24.3 Å². The second-order valence-corrected chi connectivity index (χ2v) is 7.23. The highest BCUT2D eigenvalue weighted by Crippen LogP contribution is 2.25. The number of likely N-dealkylation sites (N-methyl/N-ethyl adjacent to an activating group) is 1. The number of ether oxygens (including phenoxy) is 1. The van der Waals surface area contributed by atoms with E-state index in [0.29, 0.717) is 24.9 Å². The molecule has 0 bridgehead atoms. The third-order valence-electron chi connectivity index (χ3n) is 5.45. The predicted molar refractivity (Wildman–Crippen MR) is 112 cm³/mol. The molecule has 1 amide bonds. The smallest absolute Gasteiger partial charge is 0.324 e. The van der Waals surface area contributed by atoms with Crippen molar-refractivity contribution in [2.24, 2.45) is 5.92 Å². The molecule has 29 heavy (non-hydrogen) atoms. The van der Waals surface area contributed by atoms with Gasteiger partial charge in [0.15, 0.2) is 0 Å². The molecule has 2 aromatic rings. The van der Waals surface area contributed by atoms with Gasteiger partial charge in [-0.3, -0.25) is 4.79 Å². The van der Waals surface area contributed by atoms with Crippen molar-refractivity contribution in [2.45, 2.75) is 26.7 Å². The summed E-state index contributed by atoms with van der Waals surface area (Å²) in [4.78, 5) is 21.4. The first-order valence-electron chi connectivity index (χ1n) is 10.4. The normalized spacial score (nSPS) is 16.8. The van der Waals surface area contributed by atoms with Gasteiger partial charge >= 0.3 is 6.01 Å². The van der Waals surface area contributed by atoms with Crippen LogP contribution in [0.4, 0.5) is 6.01 Å². The molecule has 1 atom stereocenters. The van der Waals surface area contributed by atoms with Crippen molar-refractivity contribution in [3.8, 4) is 17.1 Å². The number of hydrogen-bond acceptors (Lipinski definition) is 7. The van der Waals surface area contributed by atoms with Crippen molar-refractivity contribution >= 4 is 11.9 Å². The van der Waals surface area contributed by atoms with Crippen molar-refractivity contribution in [2.75, 3.05) is 51.3 Å². The monoisotopic (exact) mass is 401 g/mol. The molecule has 8 heteroatoms. The zero-order valence-corrected chi connectivity index (χ0v) is 17.6. The van der Waals surface area contributed by atoms with Crippen LogP contribution in [0.2, 0.25) is 0 Å². The molecule has 1 aromatic carbocycles. The summed E-state index contributed by atoms with van der Waals surface area (Å²) in [5.74, 6) is 1.37. The number of carbonyl (C=O) groups is 1. The van der Waals surface area contributed by atoms with E-state index in [4.69, 9.17) is 9.26 Å². The average Bonchev–Trinajstić information content (AvgIpc) is 3.27. The number of carbonyl (C=O) groups excluding carboxylic acids is 1. The Morgan fingerprint density at radius 3 is 2.76 bits per heavy atom. The maximum Gasteiger partial charge on any atom is 0.324 e. The van der Waals surface area contributed by atoms with Crippen LogP contribution in [0.25, 0.3) is 11.4 Å². The standard InChI is InChI=1S/C21H31N5O3/c1-4-25(5-2)14-12-22-20(27)17-7-6-13-26(15-17)21-23-19(24-29-21)16-8-10-18(28-3)11-9-16/h8-11,17H,4-7,12-15H2,1-3H3,(H,22,27). The Kier molecular flexibility index (Phi) is 7.46. The molecule has 1 N–H and O–H groups in total. The number of nitrogens with one attached hydrogen (secondary N) is 1. The fourth-order valence-corrected chi connectivity index (χ4v) is 3.59. The molecule has 8 nitrogen and oxygen atoms in total. The molecular formula is C21H31N5O3. The van der Waals surface area contributed by atoms with Crippen molar-refractivity contribution in [3.63, 3.8) is 0 Å². The van der Waals surface area contributed by atoms with E-state index in [9.17, 15) is 4.79 Å². The van der Waals surface area contributed by atoms with Crippen LogP contribution in [0.5, 0.6) is 5.75 Å². The van der Waals surface area contributed by atoms with Crippen LogP contribution in [0.1, 0.15) is 26.7 Å². The third kappa shape index (κ3) is 5.47.